The van der Waals surface area contributed by atoms with E-state index < -0.39 is 6.10 Å². The Labute approximate surface area is 282 Å². The van der Waals surface area contributed by atoms with Gasteiger partial charge < -0.3 is 26.0 Å². The van der Waals surface area contributed by atoms with E-state index in [1.807, 2.05) is 44.7 Å². The van der Waals surface area contributed by atoms with Crippen molar-refractivity contribution in [2.45, 2.75) is 58.1 Å². The summed E-state index contributed by atoms with van der Waals surface area (Å²) in [6.45, 7) is 7.74. The number of piperidine rings is 1. The second-order valence-electron chi connectivity index (χ2n) is 13.4. The van der Waals surface area contributed by atoms with E-state index in [-0.39, 0.29) is 17.6 Å². The Balaban J connectivity index is 1.24. The van der Waals surface area contributed by atoms with Crippen LogP contribution in [-0.4, -0.2) is 86.7 Å². The Morgan fingerprint density at radius 3 is 2.79 bits per heavy atom. The number of anilines is 2. The second kappa shape index (κ2) is 15.2. The number of hydrogen-bond donors (Lipinski definition) is 4. The molecular weight excluding hydrogens is 602 g/mol. The van der Waals surface area contributed by atoms with E-state index in [2.05, 4.69) is 70.1 Å². The summed E-state index contributed by atoms with van der Waals surface area (Å²) >= 11 is 0. The van der Waals surface area contributed by atoms with Crippen molar-refractivity contribution < 1.29 is 9.90 Å². The molecule has 0 unspecified atom stereocenters. The first kappa shape index (κ1) is 33.5. The first-order valence-electron chi connectivity index (χ1n) is 17.0. The summed E-state index contributed by atoms with van der Waals surface area (Å²) in [6.07, 6.45) is 6.09. The standard InChI is InChI=1S/C37H47N9O2/c1-24(2)32-22-42-46-35(32)43-36(40-21-28-13-15-38-23-33(28)48)44-37(46)41-20-27-8-5-6-10-30(27)34-31-12-11-25(18-26(31)14-16-39-34)19-29(47)9-7-17-45(3)4/h5-6,8,10-12,14,16,18,22,24,28,33,38,48H,7,9,13,15,17,19-21,23H2,1-4H3,(H2,40,41,43,44)/t28-,33+/m1/s1. The maximum atomic E-state index is 12.6. The van der Waals surface area contributed by atoms with E-state index in [0.717, 1.165) is 70.3 Å². The number of Topliss-reactive ketones (excluding diaryl/α,β-unsaturated/α-hetero) is 1. The van der Waals surface area contributed by atoms with Gasteiger partial charge in [-0.3, -0.25) is 9.78 Å². The third-order valence-corrected chi connectivity index (χ3v) is 9.13. The highest BCUT2D eigenvalue weighted by atomic mass is 16.3. The first-order valence-corrected chi connectivity index (χ1v) is 17.0. The summed E-state index contributed by atoms with van der Waals surface area (Å²) in [5, 5.41) is 27.4. The number of nitrogens with zero attached hydrogens (tertiary/aromatic N) is 6. The van der Waals surface area contributed by atoms with E-state index in [1.54, 1.807) is 4.52 Å². The maximum absolute atomic E-state index is 12.6. The van der Waals surface area contributed by atoms with Gasteiger partial charge in [0.15, 0.2) is 5.65 Å². The molecule has 4 N–H and O–H groups in total. The van der Waals surface area contributed by atoms with Crippen molar-refractivity contribution in [3.8, 4) is 11.3 Å². The molecule has 1 aliphatic rings. The van der Waals surface area contributed by atoms with Gasteiger partial charge in [-0.25, -0.2) is 0 Å². The number of rotatable bonds is 14. The molecular formula is C37H47N9O2. The van der Waals surface area contributed by atoms with E-state index in [1.165, 1.54) is 0 Å². The van der Waals surface area contributed by atoms with Crippen molar-refractivity contribution in [3.05, 3.63) is 77.6 Å². The van der Waals surface area contributed by atoms with Crippen LogP contribution in [0.25, 0.3) is 27.7 Å². The number of aliphatic hydroxyl groups is 1. The lowest BCUT2D eigenvalue weighted by Crippen LogP contribution is -2.43. The molecule has 3 aromatic heterocycles. The van der Waals surface area contributed by atoms with Crippen molar-refractivity contribution in [1.82, 2.24) is 34.8 Å². The van der Waals surface area contributed by atoms with Gasteiger partial charge >= 0.3 is 0 Å². The number of hydrogen-bond acceptors (Lipinski definition) is 10. The topological polar surface area (TPSA) is 133 Å². The lowest BCUT2D eigenvalue weighted by atomic mass is 9.95. The van der Waals surface area contributed by atoms with Gasteiger partial charge in [0.25, 0.3) is 0 Å². The lowest BCUT2D eigenvalue weighted by Gasteiger charge is -2.28. The molecule has 6 rings (SSSR count). The van der Waals surface area contributed by atoms with Crippen LogP contribution in [0.2, 0.25) is 0 Å². The van der Waals surface area contributed by atoms with Crippen LogP contribution in [0.1, 0.15) is 55.7 Å². The molecule has 1 saturated heterocycles. The number of benzene rings is 2. The van der Waals surface area contributed by atoms with Gasteiger partial charge in [0, 0.05) is 61.1 Å². The van der Waals surface area contributed by atoms with Gasteiger partial charge in [0.1, 0.15) is 5.78 Å². The maximum Gasteiger partial charge on any atom is 0.229 e. The molecule has 252 valence electrons. The number of fused-ring (bicyclic) bond motifs is 2. The van der Waals surface area contributed by atoms with E-state index in [9.17, 15) is 9.90 Å². The molecule has 0 spiro atoms. The van der Waals surface area contributed by atoms with Crippen LogP contribution in [0.5, 0.6) is 0 Å². The molecule has 0 bridgehead atoms. The zero-order chi connectivity index (χ0) is 33.6. The molecule has 0 amide bonds. The molecule has 0 radical (unpaired) electrons. The first-order chi connectivity index (χ1) is 23.3. The number of nitrogens with one attached hydrogen (secondary N) is 3. The van der Waals surface area contributed by atoms with E-state index in [4.69, 9.17) is 15.0 Å². The molecule has 1 aliphatic heterocycles. The molecule has 4 heterocycles. The Morgan fingerprint density at radius 1 is 1.12 bits per heavy atom. The molecule has 0 aliphatic carbocycles. The molecule has 5 aromatic rings. The van der Waals surface area contributed by atoms with Crippen molar-refractivity contribution >= 4 is 34.1 Å². The molecule has 11 heteroatoms. The smallest absolute Gasteiger partial charge is 0.229 e. The molecule has 2 atom stereocenters. The minimum absolute atomic E-state index is 0.127. The average molecular weight is 650 g/mol. The van der Waals surface area contributed by atoms with Gasteiger partial charge in [-0.2, -0.15) is 19.6 Å². The second-order valence-corrected chi connectivity index (χ2v) is 13.4. The predicted octanol–water partition coefficient (Wildman–Crippen LogP) is 4.91. The Hall–Kier alpha value is -4.45. The third kappa shape index (κ3) is 7.81. The molecule has 1 fully saturated rings. The highest BCUT2D eigenvalue weighted by Crippen LogP contribution is 2.31. The van der Waals surface area contributed by atoms with Crippen molar-refractivity contribution in [3.63, 3.8) is 0 Å². The third-order valence-electron chi connectivity index (χ3n) is 9.13. The minimum Gasteiger partial charge on any atom is -0.391 e. The highest BCUT2D eigenvalue weighted by molar-refractivity contribution is 5.96. The normalized spacial score (nSPS) is 16.6. The van der Waals surface area contributed by atoms with Crippen molar-refractivity contribution in [2.75, 3.05) is 50.9 Å². The number of ketones is 1. The zero-order valence-corrected chi connectivity index (χ0v) is 28.4. The van der Waals surface area contributed by atoms with Crippen LogP contribution in [0.3, 0.4) is 0 Å². The predicted molar refractivity (Wildman–Crippen MR) is 191 cm³/mol. The summed E-state index contributed by atoms with van der Waals surface area (Å²) in [5.41, 5.74) is 5.80. The molecule has 2 aromatic carbocycles. The fourth-order valence-corrected chi connectivity index (χ4v) is 6.39. The summed E-state index contributed by atoms with van der Waals surface area (Å²) in [7, 11) is 4.06. The largest absolute Gasteiger partial charge is 0.391 e. The summed E-state index contributed by atoms with van der Waals surface area (Å²) in [5.74, 6) is 1.72. The Morgan fingerprint density at radius 2 is 1.98 bits per heavy atom. The van der Waals surface area contributed by atoms with Crippen LogP contribution in [0.15, 0.2) is 60.9 Å². The fourth-order valence-electron chi connectivity index (χ4n) is 6.39. The van der Waals surface area contributed by atoms with Crippen LogP contribution < -0.4 is 16.0 Å². The Bertz CT molecular complexity index is 1870. The van der Waals surface area contributed by atoms with Gasteiger partial charge in [0.2, 0.25) is 11.9 Å². The van der Waals surface area contributed by atoms with E-state index >= 15 is 0 Å². The monoisotopic (exact) mass is 649 g/mol. The van der Waals surface area contributed by atoms with Gasteiger partial charge in [-0.15, -0.1) is 0 Å². The van der Waals surface area contributed by atoms with Gasteiger partial charge in [0.05, 0.1) is 18.0 Å². The number of aliphatic hydroxyl groups excluding tert-OH is 1. The fraction of sp³-hybridized carbons (Fsp3) is 0.432. The van der Waals surface area contributed by atoms with Gasteiger partial charge in [-0.05, 0) is 68.5 Å². The number of carbonyl (C=O) groups is 1. The van der Waals surface area contributed by atoms with Crippen LogP contribution in [0.4, 0.5) is 11.9 Å². The van der Waals surface area contributed by atoms with Gasteiger partial charge in [-0.1, -0.05) is 56.3 Å². The van der Waals surface area contributed by atoms with E-state index in [0.29, 0.717) is 44.4 Å². The summed E-state index contributed by atoms with van der Waals surface area (Å²) in [4.78, 5) is 29.2. The SMILES string of the molecule is CC(C)c1cnn2c(NCc3ccccc3-c3nccc4cc(CC(=O)CCCN(C)C)ccc34)nc(NC[C@H]3CCNC[C@@H]3O)nc12. The number of β-amino-alcohol motifs (C(OH)–C–C–N with tert-alkyl or cyclic N) is 1. The summed E-state index contributed by atoms with van der Waals surface area (Å²) in [6, 6.07) is 16.5. The van der Waals surface area contributed by atoms with Crippen molar-refractivity contribution in [1.29, 1.82) is 0 Å². The highest BCUT2D eigenvalue weighted by Gasteiger charge is 2.23. The molecule has 0 saturated carbocycles. The Kier molecular flexibility index (Phi) is 10.6. The summed E-state index contributed by atoms with van der Waals surface area (Å²) < 4.78 is 1.77. The van der Waals surface area contributed by atoms with Crippen molar-refractivity contribution in [2.24, 2.45) is 5.92 Å². The number of pyridine rings is 1. The van der Waals surface area contributed by atoms with Crippen LogP contribution >= 0.6 is 0 Å². The number of carbonyl (C=O) groups excluding carboxylic acids is 1. The quantitative estimate of drug-likeness (QED) is 0.132. The number of aromatic nitrogens is 5. The van der Waals surface area contributed by atoms with Crippen LogP contribution in [-0.2, 0) is 17.8 Å². The zero-order valence-electron chi connectivity index (χ0n) is 28.4. The lowest BCUT2D eigenvalue weighted by molar-refractivity contribution is -0.118. The van der Waals surface area contributed by atoms with Crippen LogP contribution in [0, 0.1) is 5.92 Å². The average Bonchev–Trinajstić information content (AvgIpc) is 3.51. The molecule has 11 nitrogen and oxygen atoms in total. The molecule has 48 heavy (non-hydrogen) atoms. The minimum atomic E-state index is -0.403.